The van der Waals surface area contributed by atoms with Crippen LogP contribution in [0.5, 0.6) is 5.75 Å². The van der Waals surface area contributed by atoms with Crippen molar-refractivity contribution >= 4 is 5.91 Å². The molecule has 6 aliphatic rings. The van der Waals surface area contributed by atoms with E-state index in [0.29, 0.717) is 24.4 Å². The zero-order valence-electron chi connectivity index (χ0n) is 23.7. The molecule has 7 nitrogen and oxygen atoms in total. The van der Waals surface area contributed by atoms with Crippen LogP contribution in [0.3, 0.4) is 0 Å². The zero-order valence-corrected chi connectivity index (χ0v) is 23.7. The van der Waals surface area contributed by atoms with Gasteiger partial charge in [-0.3, -0.25) is 4.79 Å². The van der Waals surface area contributed by atoms with Crippen molar-refractivity contribution in [3.8, 4) is 5.75 Å². The number of primary amides is 1. The number of nitrogens with zero attached hydrogens (tertiary/aromatic N) is 1. The Morgan fingerprint density at radius 2 is 1.56 bits per heavy atom. The SMILES string of the molecule is COC1(OO[C@H]2CC[C@@H](c3ccc(OCCCN4CCC(C(N)=O)CC4)cc3)CC2)C2CC3CC(C2)CC1C3. The Hall–Kier alpha value is -1.67. The summed E-state index contributed by atoms with van der Waals surface area (Å²) in [6.45, 7) is 3.63. The molecule has 0 radical (unpaired) electrons. The Labute approximate surface area is 234 Å². The summed E-state index contributed by atoms with van der Waals surface area (Å²) in [6.07, 6.45) is 13.6. The van der Waals surface area contributed by atoms with E-state index < -0.39 is 5.79 Å². The fourth-order valence-corrected chi connectivity index (χ4v) is 8.74. The molecule has 1 aromatic rings. The molecule has 5 aliphatic carbocycles. The standard InChI is InChI=1S/C32H48N2O5/c1-36-32(27-18-22-17-23(20-27)21-28(32)19-22)39-38-30-9-5-25(6-10-30)24-3-7-29(8-4-24)37-16-2-13-34-14-11-26(12-15-34)31(33)35/h3-4,7-8,22-23,25-28,30H,2,5-6,9-21H2,1H3,(H2,33,35)/t22?,23?,25-,27?,28?,30+,32?. The van der Waals surface area contributed by atoms with Gasteiger partial charge in [-0.1, -0.05) is 12.1 Å². The zero-order chi connectivity index (χ0) is 26.8. The number of hydrogen-bond donors (Lipinski definition) is 1. The maximum Gasteiger partial charge on any atom is 0.220 e. The minimum Gasteiger partial charge on any atom is -0.494 e. The first-order valence-electron chi connectivity index (χ1n) is 15.7. The third-order valence-electron chi connectivity index (χ3n) is 10.8. The Kier molecular flexibility index (Phi) is 8.50. The number of likely N-dealkylation sites (tertiary alicyclic amines) is 1. The van der Waals surface area contributed by atoms with Gasteiger partial charge >= 0.3 is 0 Å². The second-order valence-corrected chi connectivity index (χ2v) is 13.2. The minimum absolute atomic E-state index is 0.0568. The van der Waals surface area contributed by atoms with Crippen LogP contribution in [0, 0.1) is 29.6 Å². The summed E-state index contributed by atoms with van der Waals surface area (Å²) in [5.41, 5.74) is 6.83. The van der Waals surface area contributed by atoms with Crippen molar-refractivity contribution < 1.29 is 24.0 Å². The lowest BCUT2D eigenvalue weighted by Crippen LogP contribution is -2.60. The molecule has 6 fully saturated rings. The van der Waals surface area contributed by atoms with E-state index in [1.165, 1.54) is 37.7 Å². The molecule has 5 saturated carbocycles. The van der Waals surface area contributed by atoms with E-state index in [1.54, 1.807) is 0 Å². The van der Waals surface area contributed by atoms with Crippen LogP contribution < -0.4 is 10.5 Å². The highest BCUT2D eigenvalue weighted by atomic mass is 17.2. The highest BCUT2D eigenvalue weighted by Gasteiger charge is 2.60. The second-order valence-electron chi connectivity index (χ2n) is 13.2. The Balaban J connectivity index is 0.899. The van der Waals surface area contributed by atoms with Crippen molar-refractivity contribution in [3.63, 3.8) is 0 Å². The molecule has 1 heterocycles. The third-order valence-corrected chi connectivity index (χ3v) is 10.8. The molecule has 1 saturated heterocycles. The van der Waals surface area contributed by atoms with Gasteiger partial charge in [0.05, 0.1) is 12.7 Å². The molecular formula is C32H48N2O5. The number of nitrogens with two attached hydrogens (primary N) is 1. The van der Waals surface area contributed by atoms with Crippen molar-refractivity contribution in [2.24, 2.45) is 35.3 Å². The highest BCUT2D eigenvalue weighted by Crippen LogP contribution is 2.60. The van der Waals surface area contributed by atoms with Gasteiger partial charge < -0.3 is 20.1 Å². The third kappa shape index (κ3) is 6.02. The van der Waals surface area contributed by atoms with Crippen molar-refractivity contribution in [1.82, 2.24) is 4.90 Å². The highest BCUT2D eigenvalue weighted by molar-refractivity contribution is 5.76. The van der Waals surface area contributed by atoms with E-state index in [1.807, 2.05) is 7.11 Å². The molecule has 7 rings (SSSR count). The van der Waals surface area contributed by atoms with Gasteiger partial charge in [-0.15, -0.1) is 0 Å². The Morgan fingerprint density at radius 3 is 2.15 bits per heavy atom. The van der Waals surface area contributed by atoms with Gasteiger partial charge in [0, 0.05) is 31.4 Å². The average Bonchev–Trinajstić information content (AvgIpc) is 2.96. The molecular weight excluding hydrogens is 492 g/mol. The molecule has 1 amide bonds. The van der Waals surface area contributed by atoms with Crippen molar-refractivity contribution in [2.75, 3.05) is 33.4 Å². The predicted octanol–water partition coefficient (Wildman–Crippen LogP) is 5.43. The second kappa shape index (κ2) is 12.1. The molecule has 2 N–H and O–H groups in total. The smallest absolute Gasteiger partial charge is 0.220 e. The largest absolute Gasteiger partial charge is 0.494 e. The lowest BCUT2D eigenvalue weighted by atomic mass is 9.53. The number of hydrogen-bond acceptors (Lipinski definition) is 6. The first-order chi connectivity index (χ1) is 19.0. The van der Waals surface area contributed by atoms with E-state index in [9.17, 15) is 4.79 Å². The maximum absolute atomic E-state index is 11.3. The number of ether oxygens (including phenoxy) is 2. The quantitative estimate of drug-likeness (QED) is 0.175. The van der Waals surface area contributed by atoms with E-state index in [2.05, 4.69) is 29.2 Å². The molecule has 7 heteroatoms. The molecule has 216 valence electrons. The molecule has 0 unspecified atom stereocenters. The maximum atomic E-state index is 11.3. The summed E-state index contributed by atoms with van der Waals surface area (Å²) in [5, 5.41) is 0. The van der Waals surface area contributed by atoms with Gasteiger partial charge in [-0.25, -0.2) is 9.78 Å². The van der Waals surface area contributed by atoms with Crippen LogP contribution in [0.1, 0.15) is 88.5 Å². The molecule has 0 aromatic heterocycles. The van der Waals surface area contributed by atoms with Crippen LogP contribution in [0.2, 0.25) is 0 Å². The summed E-state index contributed by atoms with van der Waals surface area (Å²) in [5.74, 6) is 3.66. The predicted molar refractivity (Wildman–Crippen MR) is 149 cm³/mol. The fourth-order valence-electron chi connectivity index (χ4n) is 8.74. The van der Waals surface area contributed by atoms with E-state index in [-0.39, 0.29) is 17.9 Å². The summed E-state index contributed by atoms with van der Waals surface area (Å²) < 4.78 is 12.1. The summed E-state index contributed by atoms with van der Waals surface area (Å²) >= 11 is 0. The molecule has 4 bridgehead atoms. The summed E-state index contributed by atoms with van der Waals surface area (Å²) in [6, 6.07) is 8.71. The van der Waals surface area contributed by atoms with Crippen molar-refractivity contribution in [1.29, 1.82) is 0 Å². The topological polar surface area (TPSA) is 83.2 Å². The van der Waals surface area contributed by atoms with Crippen LogP contribution in [0.4, 0.5) is 0 Å². The summed E-state index contributed by atoms with van der Waals surface area (Å²) in [7, 11) is 1.83. The van der Waals surface area contributed by atoms with Gasteiger partial charge in [0.15, 0.2) is 0 Å². The number of carbonyl (C=O) groups is 1. The van der Waals surface area contributed by atoms with E-state index in [0.717, 1.165) is 82.2 Å². The van der Waals surface area contributed by atoms with Crippen LogP contribution in [-0.2, 0) is 19.3 Å². The number of carbonyl (C=O) groups excluding carboxylic acids is 1. The molecule has 1 aromatic carbocycles. The molecule has 1 aliphatic heterocycles. The molecule has 0 spiro atoms. The van der Waals surface area contributed by atoms with Crippen molar-refractivity contribution in [3.05, 3.63) is 29.8 Å². The van der Waals surface area contributed by atoms with Gasteiger partial charge in [0.2, 0.25) is 11.7 Å². The van der Waals surface area contributed by atoms with Gasteiger partial charge in [-0.2, -0.15) is 0 Å². The van der Waals surface area contributed by atoms with E-state index >= 15 is 0 Å². The van der Waals surface area contributed by atoms with Crippen LogP contribution in [0.15, 0.2) is 24.3 Å². The lowest BCUT2D eigenvalue weighted by Gasteiger charge is -2.58. The van der Waals surface area contributed by atoms with E-state index in [4.69, 9.17) is 25.0 Å². The number of piperidine rings is 1. The van der Waals surface area contributed by atoms with Crippen LogP contribution in [0.25, 0.3) is 0 Å². The fraction of sp³-hybridized carbons (Fsp3) is 0.781. The Morgan fingerprint density at radius 1 is 0.923 bits per heavy atom. The number of methoxy groups -OCH3 is 1. The van der Waals surface area contributed by atoms with Crippen molar-refractivity contribution in [2.45, 2.75) is 94.9 Å². The van der Waals surface area contributed by atoms with Gasteiger partial charge in [0.1, 0.15) is 5.75 Å². The lowest BCUT2D eigenvalue weighted by molar-refractivity contribution is -0.485. The number of amides is 1. The first-order valence-corrected chi connectivity index (χ1v) is 15.7. The van der Waals surface area contributed by atoms with Crippen LogP contribution >= 0.6 is 0 Å². The van der Waals surface area contributed by atoms with Gasteiger partial charge in [0.25, 0.3) is 0 Å². The average molecular weight is 541 g/mol. The van der Waals surface area contributed by atoms with Gasteiger partial charge in [-0.05, 0) is 126 Å². The summed E-state index contributed by atoms with van der Waals surface area (Å²) in [4.78, 5) is 26.2. The molecule has 0 atom stereocenters. The monoisotopic (exact) mass is 540 g/mol. The number of rotatable bonds is 11. The normalized spacial score (nSPS) is 36.7. The first kappa shape index (κ1) is 27.5. The Bertz CT molecular complexity index is 924. The molecule has 39 heavy (non-hydrogen) atoms. The number of benzene rings is 1. The van der Waals surface area contributed by atoms with Crippen LogP contribution in [-0.4, -0.2) is 56.0 Å². The minimum atomic E-state index is -0.512.